The maximum absolute atomic E-state index is 4.28. The first-order valence-electron chi connectivity index (χ1n) is 8.94. The molecule has 1 aliphatic rings. The average molecular weight is 332 g/mol. The molecule has 0 bridgehead atoms. The smallest absolute Gasteiger partial charge is 0.191 e. The zero-order chi connectivity index (χ0) is 17.4. The Bertz CT molecular complexity index is 498. The number of nitrogens with one attached hydrogen (secondary N) is 2. The molecule has 1 heterocycles. The quantitative estimate of drug-likeness (QED) is 0.637. The van der Waals surface area contributed by atoms with Crippen LogP contribution in [0.25, 0.3) is 0 Å². The van der Waals surface area contributed by atoms with Crippen LogP contribution >= 0.6 is 0 Å². The highest BCUT2D eigenvalue weighted by molar-refractivity contribution is 5.80. The third-order valence-electron chi connectivity index (χ3n) is 4.15. The minimum atomic E-state index is 0.0326. The lowest BCUT2D eigenvalue weighted by Gasteiger charge is -2.35. The molecule has 1 aliphatic heterocycles. The number of piperazine rings is 1. The second kappa shape index (κ2) is 9.04. The lowest BCUT2D eigenvalue weighted by Crippen LogP contribution is -2.51. The summed E-state index contributed by atoms with van der Waals surface area (Å²) in [5.41, 5.74) is 1.44. The third-order valence-corrected chi connectivity index (χ3v) is 4.15. The second-order valence-electron chi connectivity index (χ2n) is 7.48. The second-order valence-corrected chi connectivity index (χ2v) is 7.48. The molecule has 0 radical (unpaired) electrons. The fourth-order valence-electron chi connectivity index (χ4n) is 2.88. The Morgan fingerprint density at radius 2 is 1.67 bits per heavy atom. The van der Waals surface area contributed by atoms with Gasteiger partial charge >= 0.3 is 0 Å². The molecule has 5 heteroatoms. The molecular formula is C19H33N5. The summed E-state index contributed by atoms with van der Waals surface area (Å²) in [7, 11) is 1.82. The lowest BCUT2D eigenvalue weighted by molar-refractivity contribution is 0.129. The van der Waals surface area contributed by atoms with Crippen LogP contribution < -0.4 is 10.6 Å². The molecular weight excluding hydrogens is 298 g/mol. The number of benzene rings is 1. The van der Waals surface area contributed by atoms with Gasteiger partial charge in [-0.05, 0) is 26.3 Å². The van der Waals surface area contributed by atoms with Crippen LogP contribution in [0.15, 0.2) is 35.3 Å². The summed E-state index contributed by atoms with van der Waals surface area (Å²) in [6, 6.07) is 10.7. The van der Waals surface area contributed by atoms with Gasteiger partial charge in [0.1, 0.15) is 0 Å². The molecule has 0 saturated carbocycles. The number of nitrogens with zero attached hydrogens (tertiary/aromatic N) is 3. The maximum atomic E-state index is 4.28. The first-order chi connectivity index (χ1) is 11.5. The molecule has 1 saturated heterocycles. The monoisotopic (exact) mass is 331 g/mol. The normalized spacial score (nSPS) is 17.8. The molecule has 1 aromatic carbocycles. The van der Waals surface area contributed by atoms with Crippen LogP contribution in [0.5, 0.6) is 0 Å². The van der Waals surface area contributed by atoms with E-state index in [1.807, 2.05) is 7.05 Å². The standard InChI is InChI=1S/C19H33N5/c1-19(2,3)22-18(20-4)21-10-11-23-12-14-24(15-13-23)16-17-8-6-5-7-9-17/h5-9H,10-16H2,1-4H3,(H2,20,21,22). The number of hydrogen-bond acceptors (Lipinski definition) is 3. The van der Waals surface area contributed by atoms with Gasteiger partial charge in [-0.15, -0.1) is 0 Å². The van der Waals surface area contributed by atoms with E-state index in [-0.39, 0.29) is 5.54 Å². The average Bonchev–Trinajstić information content (AvgIpc) is 2.55. The Labute approximate surface area is 147 Å². The largest absolute Gasteiger partial charge is 0.355 e. The summed E-state index contributed by atoms with van der Waals surface area (Å²) in [6.07, 6.45) is 0. The Morgan fingerprint density at radius 1 is 1.04 bits per heavy atom. The van der Waals surface area contributed by atoms with Crippen LogP contribution in [-0.4, -0.2) is 67.6 Å². The zero-order valence-corrected chi connectivity index (χ0v) is 15.7. The van der Waals surface area contributed by atoms with Crippen molar-refractivity contribution in [2.24, 2.45) is 4.99 Å². The molecule has 0 aromatic heterocycles. The maximum Gasteiger partial charge on any atom is 0.191 e. The summed E-state index contributed by atoms with van der Waals surface area (Å²) in [6.45, 7) is 14.0. The highest BCUT2D eigenvalue weighted by Crippen LogP contribution is 2.08. The molecule has 134 valence electrons. The predicted molar refractivity (Wildman–Crippen MR) is 102 cm³/mol. The van der Waals surface area contributed by atoms with Gasteiger partial charge in [-0.3, -0.25) is 14.8 Å². The van der Waals surface area contributed by atoms with Gasteiger partial charge in [-0.2, -0.15) is 0 Å². The van der Waals surface area contributed by atoms with Crippen molar-refractivity contribution in [3.8, 4) is 0 Å². The van der Waals surface area contributed by atoms with E-state index in [1.165, 1.54) is 5.56 Å². The van der Waals surface area contributed by atoms with Crippen molar-refractivity contribution in [3.63, 3.8) is 0 Å². The summed E-state index contributed by atoms with van der Waals surface area (Å²) < 4.78 is 0. The van der Waals surface area contributed by atoms with Crippen LogP contribution in [0, 0.1) is 0 Å². The molecule has 0 atom stereocenters. The molecule has 1 fully saturated rings. The molecule has 5 nitrogen and oxygen atoms in total. The minimum absolute atomic E-state index is 0.0326. The van der Waals surface area contributed by atoms with Gasteiger partial charge in [-0.1, -0.05) is 30.3 Å². The van der Waals surface area contributed by atoms with Crippen molar-refractivity contribution in [2.75, 3.05) is 46.3 Å². The van der Waals surface area contributed by atoms with E-state index < -0.39 is 0 Å². The van der Waals surface area contributed by atoms with Gasteiger partial charge in [0.05, 0.1) is 0 Å². The van der Waals surface area contributed by atoms with E-state index in [0.29, 0.717) is 0 Å². The zero-order valence-electron chi connectivity index (χ0n) is 15.7. The number of guanidine groups is 1. The summed E-state index contributed by atoms with van der Waals surface area (Å²) >= 11 is 0. The van der Waals surface area contributed by atoms with Gasteiger partial charge in [0.15, 0.2) is 5.96 Å². The molecule has 0 spiro atoms. The van der Waals surface area contributed by atoms with E-state index >= 15 is 0 Å². The fraction of sp³-hybridized carbons (Fsp3) is 0.632. The van der Waals surface area contributed by atoms with E-state index in [1.54, 1.807) is 0 Å². The SMILES string of the molecule is CN=C(NCCN1CCN(Cc2ccccc2)CC1)NC(C)(C)C. The summed E-state index contributed by atoms with van der Waals surface area (Å²) in [5, 5.41) is 6.80. The number of hydrogen-bond donors (Lipinski definition) is 2. The fourth-order valence-corrected chi connectivity index (χ4v) is 2.88. The van der Waals surface area contributed by atoms with E-state index in [4.69, 9.17) is 0 Å². The van der Waals surface area contributed by atoms with E-state index in [2.05, 4.69) is 76.5 Å². The minimum Gasteiger partial charge on any atom is -0.355 e. The molecule has 1 aromatic rings. The summed E-state index contributed by atoms with van der Waals surface area (Å²) in [5.74, 6) is 0.880. The molecule has 2 rings (SSSR count). The predicted octanol–water partition coefficient (Wildman–Crippen LogP) is 1.77. The van der Waals surface area contributed by atoms with Crippen LogP contribution in [0.2, 0.25) is 0 Å². The Morgan fingerprint density at radius 3 is 2.25 bits per heavy atom. The van der Waals surface area contributed by atoms with Gasteiger partial charge in [0.2, 0.25) is 0 Å². The van der Waals surface area contributed by atoms with Crippen LogP contribution in [0.4, 0.5) is 0 Å². The van der Waals surface area contributed by atoms with Crippen molar-refractivity contribution in [2.45, 2.75) is 32.9 Å². The first kappa shape index (κ1) is 18.7. The number of rotatable bonds is 5. The van der Waals surface area contributed by atoms with Crippen molar-refractivity contribution in [3.05, 3.63) is 35.9 Å². The first-order valence-corrected chi connectivity index (χ1v) is 8.94. The van der Waals surface area contributed by atoms with Gasteiger partial charge in [-0.25, -0.2) is 0 Å². The van der Waals surface area contributed by atoms with Gasteiger partial charge in [0, 0.05) is 58.4 Å². The van der Waals surface area contributed by atoms with Crippen molar-refractivity contribution in [1.29, 1.82) is 0 Å². The lowest BCUT2D eigenvalue weighted by atomic mass is 10.1. The van der Waals surface area contributed by atoms with Gasteiger partial charge < -0.3 is 10.6 Å². The Balaban J connectivity index is 1.64. The molecule has 0 aliphatic carbocycles. The highest BCUT2D eigenvalue weighted by atomic mass is 15.3. The number of aliphatic imine (C=N–C) groups is 1. The summed E-state index contributed by atoms with van der Waals surface area (Å²) in [4.78, 5) is 9.35. The Kier molecular flexibility index (Phi) is 7.06. The van der Waals surface area contributed by atoms with E-state index in [0.717, 1.165) is 51.8 Å². The highest BCUT2D eigenvalue weighted by Gasteiger charge is 2.17. The van der Waals surface area contributed by atoms with Crippen molar-refractivity contribution >= 4 is 5.96 Å². The molecule has 24 heavy (non-hydrogen) atoms. The van der Waals surface area contributed by atoms with E-state index in [9.17, 15) is 0 Å². The topological polar surface area (TPSA) is 42.9 Å². The molecule has 2 N–H and O–H groups in total. The molecule has 0 amide bonds. The van der Waals surface area contributed by atoms with Crippen LogP contribution in [0.3, 0.4) is 0 Å². The van der Waals surface area contributed by atoms with Crippen molar-refractivity contribution in [1.82, 2.24) is 20.4 Å². The van der Waals surface area contributed by atoms with Gasteiger partial charge in [0.25, 0.3) is 0 Å². The van der Waals surface area contributed by atoms with Crippen molar-refractivity contribution < 1.29 is 0 Å². The third kappa shape index (κ3) is 6.89. The molecule has 0 unspecified atom stereocenters. The Hall–Kier alpha value is -1.59. The van der Waals surface area contributed by atoms with Crippen LogP contribution in [-0.2, 0) is 6.54 Å². The van der Waals surface area contributed by atoms with Crippen LogP contribution in [0.1, 0.15) is 26.3 Å².